The van der Waals surface area contributed by atoms with Gasteiger partial charge in [0.05, 0.1) is 10.6 Å². The monoisotopic (exact) mass is 338 g/mol. The number of non-ortho nitro benzene ring substituents is 1. The van der Waals surface area contributed by atoms with E-state index in [1.165, 1.54) is 42.5 Å². The number of hydrogen-bond donors (Lipinski definition) is 1. The molecular formula is C13H8BrFN2O3. The van der Waals surface area contributed by atoms with E-state index in [9.17, 15) is 19.3 Å². The van der Waals surface area contributed by atoms with Gasteiger partial charge in [-0.25, -0.2) is 4.39 Å². The predicted octanol–water partition coefficient (Wildman–Crippen LogP) is 3.75. The molecule has 0 aromatic heterocycles. The standard InChI is InChI=1S/C13H8BrFN2O3/c14-11-7-9(15)4-5-12(11)16-13(18)8-2-1-3-10(6-8)17(19)20/h1-7H,(H,16,18). The van der Waals surface area contributed by atoms with Crippen LogP contribution in [-0.2, 0) is 0 Å². The molecule has 5 nitrogen and oxygen atoms in total. The normalized spacial score (nSPS) is 10.1. The van der Waals surface area contributed by atoms with E-state index < -0.39 is 16.6 Å². The maximum absolute atomic E-state index is 12.9. The molecule has 0 atom stereocenters. The van der Waals surface area contributed by atoms with Gasteiger partial charge in [-0.15, -0.1) is 0 Å². The van der Waals surface area contributed by atoms with E-state index in [1.54, 1.807) is 0 Å². The van der Waals surface area contributed by atoms with Gasteiger partial charge in [-0.2, -0.15) is 0 Å². The summed E-state index contributed by atoms with van der Waals surface area (Å²) in [6, 6.07) is 9.16. The lowest BCUT2D eigenvalue weighted by Gasteiger charge is -2.07. The van der Waals surface area contributed by atoms with E-state index in [-0.39, 0.29) is 11.3 Å². The van der Waals surface area contributed by atoms with Crippen LogP contribution in [0.15, 0.2) is 46.9 Å². The first-order valence-corrected chi connectivity index (χ1v) is 6.27. The quantitative estimate of drug-likeness (QED) is 0.684. The van der Waals surface area contributed by atoms with Gasteiger partial charge in [-0.05, 0) is 40.2 Å². The number of amides is 1. The number of anilines is 1. The molecule has 2 aromatic rings. The van der Waals surface area contributed by atoms with Crippen molar-refractivity contribution in [2.24, 2.45) is 0 Å². The molecule has 0 bridgehead atoms. The first-order valence-electron chi connectivity index (χ1n) is 5.48. The Morgan fingerprint density at radius 2 is 2.00 bits per heavy atom. The van der Waals surface area contributed by atoms with Gasteiger partial charge in [0.25, 0.3) is 11.6 Å². The van der Waals surface area contributed by atoms with Crippen LogP contribution < -0.4 is 5.32 Å². The highest BCUT2D eigenvalue weighted by Crippen LogP contribution is 2.24. The summed E-state index contributed by atoms with van der Waals surface area (Å²) in [6.45, 7) is 0. The van der Waals surface area contributed by atoms with Crippen molar-refractivity contribution in [3.63, 3.8) is 0 Å². The Labute approximate surface area is 121 Å². The Hall–Kier alpha value is -2.28. The molecule has 0 saturated heterocycles. The molecule has 0 radical (unpaired) electrons. The molecule has 7 heteroatoms. The smallest absolute Gasteiger partial charge is 0.270 e. The van der Waals surface area contributed by atoms with Crippen molar-refractivity contribution >= 4 is 33.2 Å². The number of nitrogens with one attached hydrogen (secondary N) is 1. The second-order valence-electron chi connectivity index (χ2n) is 3.89. The second-order valence-corrected chi connectivity index (χ2v) is 4.74. The molecule has 0 unspecified atom stereocenters. The lowest BCUT2D eigenvalue weighted by Crippen LogP contribution is -2.12. The van der Waals surface area contributed by atoms with Crippen LogP contribution in [0.2, 0.25) is 0 Å². The van der Waals surface area contributed by atoms with Crippen LogP contribution in [0, 0.1) is 15.9 Å². The third kappa shape index (κ3) is 3.18. The van der Waals surface area contributed by atoms with Crippen LogP contribution in [0.25, 0.3) is 0 Å². The maximum atomic E-state index is 12.9. The van der Waals surface area contributed by atoms with Crippen LogP contribution in [0.1, 0.15) is 10.4 Å². The van der Waals surface area contributed by atoms with Crippen molar-refractivity contribution in [1.82, 2.24) is 0 Å². The van der Waals surface area contributed by atoms with Gasteiger partial charge in [0.15, 0.2) is 0 Å². The maximum Gasteiger partial charge on any atom is 0.270 e. The fraction of sp³-hybridized carbons (Fsp3) is 0. The van der Waals surface area contributed by atoms with E-state index in [0.717, 1.165) is 0 Å². The largest absolute Gasteiger partial charge is 0.321 e. The average molecular weight is 339 g/mol. The zero-order valence-electron chi connectivity index (χ0n) is 9.97. The third-order valence-corrected chi connectivity index (χ3v) is 3.15. The Morgan fingerprint density at radius 3 is 2.65 bits per heavy atom. The van der Waals surface area contributed by atoms with Crippen molar-refractivity contribution < 1.29 is 14.1 Å². The molecule has 0 aliphatic rings. The highest BCUT2D eigenvalue weighted by atomic mass is 79.9. The summed E-state index contributed by atoms with van der Waals surface area (Å²) < 4.78 is 13.3. The minimum absolute atomic E-state index is 0.149. The zero-order chi connectivity index (χ0) is 14.7. The molecular weight excluding hydrogens is 331 g/mol. The first-order chi connectivity index (χ1) is 9.47. The van der Waals surface area contributed by atoms with E-state index in [2.05, 4.69) is 21.2 Å². The molecule has 0 spiro atoms. The molecule has 1 N–H and O–H groups in total. The van der Waals surface area contributed by atoms with Crippen LogP contribution in [-0.4, -0.2) is 10.8 Å². The molecule has 2 aromatic carbocycles. The van der Waals surface area contributed by atoms with Crippen molar-refractivity contribution in [2.75, 3.05) is 5.32 Å². The summed E-state index contributed by atoms with van der Waals surface area (Å²) in [5, 5.41) is 13.2. The predicted molar refractivity (Wildman–Crippen MR) is 75.1 cm³/mol. The first kappa shape index (κ1) is 14.1. The van der Waals surface area contributed by atoms with E-state index >= 15 is 0 Å². The molecule has 1 amide bonds. The van der Waals surface area contributed by atoms with Gasteiger partial charge in [0, 0.05) is 22.2 Å². The number of halogens is 2. The topological polar surface area (TPSA) is 72.2 Å². The van der Waals surface area contributed by atoms with Gasteiger partial charge < -0.3 is 5.32 Å². The van der Waals surface area contributed by atoms with Crippen LogP contribution in [0.3, 0.4) is 0 Å². The van der Waals surface area contributed by atoms with Gasteiger partial charge >= 0.3 is 0 Å². The number of nitro benzene ring substituents is 1. The lowest BCUT2D eigenvalue weighted by atomic mass is 10.2. The average Bonchev–Trinajstić information content (AvgIpc) is 2.42. The van der Waals surface area contributed by atoms with Crippen LogP contribution >= 0.6 is 15.9 Å². The number of hydrogen-bond acceptors (Lipinski definition) is 3. The van der Waals surface area contributed by atoms with Gasteiger partial charge in [0.1, 0.15) is 5.82 Å². The summed E-state index contributed by atoms with van der Waals surface area (Å²) in [6.07, 6.45) is 0. The molecule has 0 saturated carbocycles. The summed E-state index contributed by atoms with van der Waals surface area (Å²) in [4.78, 5) is 22.0. The molecule has 0 aliphatic carbocycles. The Bertz CT molecular complexity index is 691. The van der Waals surface area contributed by atoms with E-state index in [1.807, 2.05) is 0 Å². The fourth-order valence-corrected chi connectivity index (χ4v) is 2.00. The SMILES string of the molecule is O=C(Nc1ccc(F)cc1Br)c1cccc([N+](=O)[O-])c1. The van der Waals surface area contributed by atoms with E-state index in [0.29, 0.717) is 10.2 Å². The minimum Gasteiger partial charge on any atom is -0.321 e. The summed E-state index contributed by atoms with van der Waals surface area (Å²) in [7, 11) is 0. The van der Waals surface area contributed by atoms with Gasteiger partial charge in [-0.1, -0.05) is 6.07 Å². The minimum atomic E-state index is -0.579. The highest BCUT2D eigenvalue weighted by Gasteiger charge is 2.12. The van der Waals surface area contributed by atoms with Gasteiger partial charge in [-0.3, -0.25) is 14.9 Å². The van der Waals surface area contributed by atoms with E-state index in [4.69, 9.17) is 0 Å². The number of nitrogens with zero attached hydrogens (tertiary/aromatic N) is 1. The van der Waals surface area contributed by atoms with Crippen LogP contribution in [0.5, 0.6) is 0 Å². The fourth-order valence-electron chi connectivity index (χ4n) is 1.55. The highest BCUT2D eigenvalue weighted by molar-refractivity contribution is 9.10. The van der Waals surface area contributed by atoms with Crippen molar-refractivity contribution in [3.05, 3.63) is 68.4 Å². The van der Waals surface area contributed by atoms with Crippen molar-refractivity contribution in [3.8, 4) is 0 Å². The molecule has 20 heavy (non-hydrogen) atoms. The number of carbonyl (C=O) groups is 1. The molecule has 0 fully saturated rings. The third-order valence-electron chi connectivity index (χ3n) is 2.50. The van der Waals surface area contributed by atoms with Crippen molar-refractivity contribution in [2.45, 2.75) is 0 Å². The molecule has 2 rings (SSSR count). The Morgan fingerprint density at radius 1 is 1.25 bits per heavy atom. The lowest BCUT2D eigenvalue weighted by molar-refractivity contribution is -0.384. The summed E-state index contributed by atoms with van der Waals surface area (Å²) in [5.74, 6) is -0.953. The summed E-state index contributed by atoms with van der Waals surface area (Å²) in [5.41, 5.74) is 0.356. The Kier molecular flexibility index (Phi) is 4.09. The molecule has 0 heterocycles. The number of carbonyl (C=O) groups excluding carboxylic acids is 1. The molecule has 0 aliphatic heterocycles. The number of nitro groups is 1. The number of rotatable bonds is 3. The van der Waals surface area contributed by atoms with Crippen LogP contribution in [0.4, 0.5) is 15.8 Å². The van der Waals surface area contributed by atoms with Crippen molar-refractivity contribution in [1.29, 1.82) is 0 Å². The second kappa shape index (κ2) is 5.79. The summed E-state index contributed by atoms with van der Waals surface area (Å²) >= 11 is 3.12. The zero-order valence-corrected chi connectivity index (χ0v) is 11.6. The number of benzene rings is 2. The molecule has 102 valence electrons. The van der Waals surface area contributed by atoms with Gasteiger partial charge in [0.2, 0.25) is 0 Å². The Balaban J connectivity index is 2.24.